The van der Waals surface area contributed by atoms with Gasteiger partial charge in [0, 0.05) is 11.6 Å². The summed E-state index contributed by atoms with van der Waals surface area (Å²) in [6.45, 7) is 2.10. The average Bonchev–Trinajstić information content (AvgIpc) is 2.93. The van der Waals surface area contributed by atoms with Crippen molar-refractivity contribution >= 4 is 23.1 Å². The molecule has 1 heterocycles. The Morgan fingerprint density at radius 2 is 1.75 bits per heavy atom. The Morgan fingerprint density at radius 3 is 2.39 bits per heavy atom. The number of rotatable bonds is 3. The molecule has 1 spiro atoms. The lowest BCUT2D eigenvalue weighted by molar-refractivity contribution is -0.116. The summed E-state index contributed by atoms with van der Waals surface area (Å²) in [7, 11) is 0. The van der Waals surface area contributed by atoms with E-state index < -0.39 is 5.54 Å². The van der Waals surface area contributed by atoms with Crippen LogP contribution in [-0.2, 0) is 4.79 Å². The number of halogens is 1. The number of aliphatic hydroxyl groups excluding tert-OH is 2. The second-order valence-electron chi connectivity index (χ2n) is 7.92. The first-order valence-corrected chi connectivity index (χ1v) is 10.1. The number of aryl methyl sites for hydroxylation is 1. The molecular weight excluding hydrogens is 374 g/mol. The van der Waals surface area contributed by atoms with Gasteiger partial charge in [-0.15, -0.1) is 0 Å². The number of benzene rings is 2. The van der Waals surface area contributed by atoms with Crippen LogP contribution in [0.25, 0.3) is 16.7 Å². The molecule has 0 unspecified atom stereocenters. The minimum atomic E-state index is -0.694. The Balaban J connectivity index is 1.74. The number of hydrogen-bond acceptors (Lipinski definition) is 3. The zero-order valence-corrected chi connectivity index (χ0v) is 16.6. The van der Waals surface area contributed by atoms with Crippen LogP contribution in [-0.4, -0.2) is 28.3 Å². The summed E-state index contributed by atoms with van der Waals surface area (Å²) >= 11 is 5.99. The fourth-order valence-corrected chi connectivity index (χ4v) is 4.49. The largest absolute Gasteiger partial charge is 0.509 e. The molecule has 0 aromatic heterocycles. The van der Waals surface area contributed by atoms with Crippen molar-refractivity contribution in [2.75, 3.05) is 6.61 Å². The molecular formula is C23H24ClNO3. The quantitative estimate of drug-likeness (QED) is 0.706. The summed E-state index contributed by atoms with van der Waals surface area (Å²) in [6, 6.07) is 13.5. The molecule has 3 N–H and O–H groups in total. The highest BCUT2D eigenvalue weighted by molar-refractivity contribution is 6.30. The van der Waals surface area contributed by atoms with E-state index in [1.54, 1.807) is 0 Å². The standard InChI is InChI=1S/C23H24ClNO3/c1-14-2-3-17(16-4-6-18(24)7-5-16)12-19(14)20-21(27)23(25-22(20)28)10-8-15(13-26)9-11-23/h2-7,12,15,26-27H,8-11,13H2,1H3,(H,25,28). The van der Waals surface area contributed by atoms with Gasteiger partial charge in [0.05, 0.1) is 11.1 Å². The molecule has 146 valence electrons. The monoisotopic (exact) mass is 397 g/mol. The lowest BCUT2D eigenvalue weighted by atomic mass is 9.76. The van der Waals surface area contributed by atoms with Gasteiger partial charge in [-0.1, -0.05) is 35.9 Å². The van der Waals surface area contributed by atoms with Crippen molar-refractivity contribution in [1.29, 1.82) is 0 Å². The van der Waals surface area contributed by atoms with E-state index >= 15 is 0 Å². The van der Waals surface area contributed by atoms with Gasteiger partial charge in [0.2, 0.25) is 0 Å². The number of carbonyl (C=O) groups is 1. The van der Waals surface area contributed by atoms with E-state index in [2.05, 4.69) is 5.32 Å². The Hall–Kier alpha value is -2.30. The van der Waals surface area contributed by atoms with Gasteiger partial charge in [0.1, 0.15) is 5.76 Å². The van der Waals surface area contributed by atoms with E-state index in [1.165, 1.54) is 0 Å². The number of amides is 1. The molecule has 1 aliphatic carbocycles. The van der Waals surface area contributed by atoms with Gasteiger partial charge in [-0.2, -0.15) is 0 Å². The molecule has 4 nitrogen and oxygen atoms in total. The maximum absolute atomic E-state index is 12.9. The molecule has 0 atom stereocenters. The molecule has 0 radical (unpaired) electrons. The minimum Gasteiger partial charge on any atom is -0.509 e. The highest BCUT2D eigenvalue weighted by Gasteiger charge is 2.47. The molecule has 1 aliphatic heterocycles. The van der Waals surface area contributed by atoms with Gasteiger partial charge >= 0.3 is 0 Å². The second-order valence-corrected chi connectivity index (χ2v) is 8.36. The van der Waals surface area contributed by atoms with Crippen molar-refractivity contribution in [2.45, 2.75) is 38.1 Å². The summed E-state index contributed by atoms with van der Waals surface area (Å²) in [5.74, 6) is 0.163. The lowest BCUT2D eigenvalue weighted by Gasteiger charge is -2.36. The molecule has 1 fully saturated rings. The van der Waals surface area contributed by atoms with E-state index in [1.807, 2.05) is 49.4 Å². The first-order valence-electron chi connectivity index (χ1n) is 9.67. The summed E-state index contributed by atoms with van der Waals surface area (Å²) in [6.07, 6.45) is 2.88. The Labute approximate surface area is 169 Å². The van der Waals surface area contributed by atoms with Gasteiger partial charge in [0.25, 0.3) is 5.91 Å². The number of hydrogen-bond donors (Lipinski definition) is 3. The molecule has 1 saturated carbocycles. The van der Waals surface area contributed by atoms with Crippen molar-refractivity contribution in [2.24, 2.45) is 5.92 Å². The molecule has 0 saturated heterocycles. The van der Waals surface area contributed by atoms with Crippen LogP contribution in [0.1, 0.15) is 36.8 Å². The number of aliphatic hydroxyl groups is 2. The van der Waals surface area contributed by atoms with Crippen LogP contribution in [0.4, 0.5) is 0 Å². The zero-order valence-electron chi connectivity index (χ0n) is 15.8. The third-order valence-electron chi connectivity index (χ3n) is 6.17. The highest BCUT2D eigenvalue weighted by atomic mass is 35.5. The van der Waals surface area contributed by atoms with Gasteiger partial charge < -0.3 is 15.5 Å². The Morgan fingerprint density at radius 1 is 1.11 bits per heavy atom. The van der Waals surface area contributed by atoms with Gasteiger partial charge in [-0.05, 0) is 79.0 Å². The van der Waals surface area contributed by atoms with Crippen molar-refractivity contribution in [3.63, 3.8) is 0 Å². The summed E-state index contributed by atoms with van der Waals surface area (Å²) < 4.78 is 0. The SMILES string of the molecule is Cc1ccc(-c2ccc(Cl)cc2)cc1C1=C(O)C2(CCC(CO)CC2)NC1=O. The third-order valence-corrected chi connectivity index (χ3v) is 6.42. The summed E-state index contributed by atoms with van der Waals surface area (Å²) in [5, 5.41) is 24.2. The molecule has 5 heteroatoms. The van der Waals surface area contributed by atoms with Crippen LogP contribution >= 0.6 is 11.6 Å². The van der Waals surface area contributed by atoms with Crippen molar-refractivity contribution in [1.82, 2.24) is 5.32 Å². The van der Waals surface area contributed by atoms with Crippen molar-refractivity contribution < 1.29 is 15.0 Å². The average molecular weight is 398 g/mol. The van der Waals surface area contributed by atoms with Crippen molar-refractivity contribution in [3.8, 4) is 11.1 Å². The van der Waals surface area contributed by atoms with E-state index in [9.17, 15) is 15.0 Å². The van der Waals surface area contributed by atoms with E-state index in [4.69, 9.17) is 11.6 Å². The molecule has 2 aliphatic rings. The van der Waals surface area contributed by atoms with E-state index in [0.29, 0.717) is 23.4 Å². The molecule has 4 rings (SSSR count). The van der Waals surface area contributed by atoms with E-state index in [-0.39, 0.29) is 24.2 Å². The topological polar surface area (TPSA) is 69.6 Å². The van der Waals surface area contributed by atoms with Crippen LogP contribution < -0.4 is 5.32 Å². The fourth-order valence-electron chi connectivity index (χ4n) is 4.36. The first kappa shape index (κ1) is 19.0. The number of carbonyl (C=O) groups excluding carboxylic acids is 1. The Kier molecular flexibility index (Phi) is 4.94. The lowest BCUT2D eigenvalue weighted by Crippen LogP contribution is -2.47. The smallest absolute Gasteiger partial charge is 0.256 e. The summed E-state index contributed by atoms with van der Waals surface area (Å²) in [4.78, 5) is 12.9. The van der Waals surface area contributed by atoms with E-state index in [0.717, 1.165) is 35.1 Å². The maximum Gasteiger partial charge on any atom is 0.256 e. The predicted octanol–water partition coefficient (Wildman–Crippen LogP) is 4.64. The van der Waals surface area contributed by atoms with Crippen molar-refractivity contribution in [3.05, 3.63) is 64.4 Å². The van der Waals surface area contributed by atoms with Gasteiger partial charge in [0.15, 0.2) is 0 Å². The molecule has 2 aromatic rings. The third kappa shape index (κ3) is 3.21. The molecule has 0 bridgehead atoms. The van der Waals surface area contributed by atoms with Crippen LogP contribution in [0.2, 0.25) is 5.02 Å². The van der Waals surface area contributed by atoms with Crippen LogP contribution in [0.3, 0.4) is 0 Å². The molecule has 1 amide bonds. The van der Waals surface area contributed by atoms with Gasteiger partial charge in [-0.3, -0.25) is 4.79 Å². The second kappa shape index (κ2) is 7.26. The zero-order chi connectivity index (χ0) is 19.9. The molecule has 2 aromatic carbocycles. The normalized spacial score (nSPS) is 24.7. The predicted molar refractivity (Wildman–Crippen MR) is 111 cm³/mol. The van der Waals surface area contributed by atoms with Crippen LogP contribution in [0, 0.1) is 12.8 Å². The highest BCUT2D eigenvalue weighted by Crippen LogP contribution is 2.43. The summed E-state index contributed by atoms with van der Waals surface area (Å²) in [5.41, 5.74) is 3.34. The fraction of sp³-hybridized carbons (Fsp3) is 0.348. The first-order chi connectivity index (χ1) is 13.4. The van der Waals surface area contributed by atoms with Gasteiger partial charge in [-0.25, -0.2) is 0 Å². The van der Waals surface area contributed by atoms with Crippen LogP contribution in [0.5, 0.6) is 0 Å². The van der Waals surface area contributed by atoms with Crippen LogP contribution in [0.15, 0.2) is 48.2 Å². The maximum atomic E-state index is 12.9. The minimum absolute atomic E-state index is 0.144. The number of nitrogens with one attached hydrogen (secondary N) is 1. The molecule has 28 heavy (non-hydrogen) atoms. The Bertz CT molecular complexity index is 941.